The summed E-state index contributed by atoms with van der Waals surface area (Å²) in [5.74, 6) is 0.735. The second kappa shape index (κ2) is 5.95. The van der Waals surface area contributed by atoms with E-state index in [0.717, 1.165) is 18.7 Å². The van der Waals surface area contributed by atoms with Crippen molar-refractivity contribution in [3.8, 4) is 5.75 Å². The zero-order chi connectivity index (χ0) is 14.7. The van der Waals surface area contributed by atoms with Crippen molar-refractivity contribution in [2.45, 2.75) is 19.4 Å². The van der Waals surface area contributed by atoms with Crippen LogP contribution in [-0.4, -0.2) is 45.5 Å². The number of hydrogen-bond acceptors (Lipinski definition) is 4. The van der Waals surface area contributed by atoms with Crippen LogP contribution in [0.2, 0.25) is 0 Å². The Labute approximate surface area is 123 Å². The van der Waals surface area contributed by atoms with Crippen LogP contribution in [0.3, 0.4) is 0 Å². The second-order valence-electron chi connectivity index (χ2n) is 5.27. The maximum absolute atomic E-state index is 12.2. The van der Waals surface area contributed by atoms with E-state index in [1.807, 2.05) is 47.0 Å². The van der Waals surface area contributed by atoms with Crippen LogP contribution in [0, 0.1) is 6.92 Å². The van der Waals surface area contributed by atoms with E-state index >= 15 is 0 Å². The average molecular weight is 286 g/mol. The van der Waals surface area contributed by atoms with E-state index < -0.39 is 0 Å². The van der Waals surface area contributed by atoms with Gasteiger partial charge in [0.15, 0.2) is 6.61 Å². The van der Waals surface area contributed by atoms with Gasteiger partial charge in [-0.05, 0) is 25.5 Å². The molecule has 1 amide bonds. The van der Waals surface area contributed by atoms with E-state index in [9.17, 15) is 4.79 Å². The molecule has 3 rings (SSSR count). The van der Waals surface area contributed by atoms with Gasteiger partial charge in [0.05, 0.1) is 12.2 Å². The largest absolute Gasteiger partial charge is 0.484 e. The Bertz CT molecular complexity index is 595. The maximum Gasteiger partial charge on any atom is 0.260 e. The lowest BCUT2D eigenvalue weighted by atomic mass is 10.2. The third-order valence-electron chi connectivity index (χ3n) is 3.71. The first-order valence-corrected chi connectivity index (χ1v) is 7.05. The SMILES string of the molecule is Cc1ccc(OCC(=O)N2CCC(n3ccnn3)C2)cc1. The first-order valence-electron chi connectivity index (χ1n) is 7.05. The summed E-state index contributed by atoms with van der Waals surface area (Å²) in [6.45, 7) is 3.50. The zero-order valence-corrected chi connectivity index (χ0v) is 12.0. The summed E-state index contributed by atoms with van der Waals surface area (Å²) in [6.07, 6.45) is 4.39. The number of hydrogen-bond donors (Lipinski definition) is 0. The van der Waals surface area contributed by atoms with Crippen molar-refractivity contribution in [2.75, 3.05) is 19.7 Å². The number of benzene rings is 1. The Kier molecular flexibility index (Phi) is 3.85. The van der Waals surface area contributed by atoms with Gasteiger partial charge in [0.25, 0.3) is 5.91 Å². The van der Waals surface area contributed by atoms with Gasteiger partial charge in [-0.3, -0.25) is 4.79 Å². The van der Waals surface area contributed by atoms with Crippen LogP contribution in [0.5, 0.6) is 5.75 Å². The second-order valence-corrected chi connectivity index (χ2v) is 5.27. The van der Waals surface area contributed by atoms with Gasteiger partial charge < -0.3 is 9.64 Å². The molecule has 21 heavy (non-hydrogen) atoms. The molecule has 1 aromatic carbocycles. The lowest BCUT2D eigenvalue weighted by Crippen LogP contribution is -2.33. The smallest absolute Gasteiger partial charge is 0.260 e. The molecule has 6 nitrogen and oxygen atoms in total. The first-order chi connectivity index (χ1) is 10.2. The summed E-state index contributed by atoms with van der Waals surface area (Å²) in [5.41, 5.74) is 1.17. The van der Waals surface area contributed by atoms with E-state index in [-0.39, 0.29) is 18.6 Å². The fourth-order valence-corrected chi connectivity index (χ4v) is 2.47. The predicted octanol–water partition coefficient (Wildman–Crippen LogP) is 1.44. The minimum Gasteiger partial charge on any atom is -0.484 e. The topological polar surface area (TPSA) is 60.2 Å². The summed E-state index contributed by atoms with van der Waals surface area (Å²) in [6, 6.07) is 7.92. The highest BCUT2D eigenvalue weighted by molar-refractivity contribution is 5.78. The van der Waals surface area contributed by atoms with Crippen LogP contribution in [-0.2, 0) is 4.79 Å². The zero-order valence-electron chi connectivity index (χ0n) is 12.0. The molecule has 0 bridgehead atoms. The van der Waals surface area contributed by atoms with E-state index in [1.165, 1.54) is 5.56 Å². The minimum absolute atomic E-state index is 0.0122. The number of nitrogens with zero attached hydrogens (tertiary/aromatic N) is 4. The molecule has 1 aliphatic heterocycles. The van der Waals surface area contributed by atoms with Crippen molar-refractivity contribution in [2.24, 2.45) is 0 Å². The molecule has 110 valence electrons. The molecule has 0 aliphatic carbocycles. The molecule has 2 heterocycles. The van der Waals surface area contributed by atoms with Crippen LogP contribution in [0.4, 0.5) is 0 Å². The fourth-order valence-electron chi connectivity index (χ4n) is 2.47. The number of amides is 1. The standard InChI is InChI=1S/C15H18N4O2/c1-12-2-4-14(5-3-12)21-11-15(20)18-8-6-13(10-18)19-9-7-16-17-19/h2-5,7,9,13H,6,8,10-11H2,1H3. The molecule has 6 heteroatoms. The summed E-state index contributed by atoms with van der Waals surface area (Å²) in [4.78, 5) is 14.0. The number of likely N-dealkylation sites (tertiary alicyclic amines) is 1. The van der Waals surface area contributed by atoms with Crippen molar-refractivity contribution in [1.82, 2.24) is 19.9 Å². The molecular weight excluding hydrogens is 268 g/mol. The van der Waals surface area contributed by atoms with E-state index in [0.29, 0.717) is 6.54 Å². The number of ether oxygens (including phenoxy) is 1. The van der Waals surface area contributed by atoms with Crippen molar-refractivity contribution in [3.63, 3.8) is 0 Å². The lowest BCUT2D eigenvalue weighted by molar-refractivity contribution is -0.132. The van der Waals surface area contributed by atoms with Gasteiger partial charge in [-0.15, -0.1) is 5.10 Å². The Balaban J connectivity index is 1.51. The van der Waals surface area contributed by atoms with Gasteiger partial charge in [0.2, 0.25) is 0 Å². The van der Waals surface area contributed by atoms with Gasteiger partial charge in [-0.25, -0.2) is 4.68 Å². The third kappa shape index (κ3) is 3.21. The van der Waals surface area contributed by atoms with Crippen molar-refractivity contribution < 1.29 is 9.53 Å². The molecule has 1 atom stereocenters. The number of carbonyl (C=O) groups is 1. The van der Waals surface area contributed by atoms with E-state index in [4.69, 9.17) is 4.74 Å². The molecule has 1 unspecified atom stereocenters. The average Bonchev–Trinajstić information content (AvgIpc) is 3.17. The monoisotopic (exact) mass is 286 g/mol. The highest BCUT2D eigenvalue weighted by atomic mass is 16.5. The van der Waals surface area contributed by atoms with Gasteiger partial charge in [0.1, 0.15) is 5.75 Å². The first kappa shape index (κ1) is 13.6. The summed E-state index contributed by atoms with van der Waals surface area (Å²) < 4.78 is 7.35. The third-order valence-corrected chi connectivity index (χ3v) is 3.71. The molecule has 0 spiro atoms. The van der Waals surface area contributed by atoms with Crippen molar-refractivity contribution in [1.29, 1.82) is 0 Å². The molecule has 1 fully saturated rings. The number of carbonyl (C=O) groups excluding carboxylic acids is 1. The molecule has 1 aromatic heterocycles. The molecule has 1 saturated heterocycles. The Morgan fingerprint density at radius 1 is 1.38 bits per heavy atom. The predicted molar refractivity (Wildman–Crippen MR) is 76.9 cm³/mol. The minimum atomic E-state index is 0.0122. The molecule has 2 aromatic rings. The van der Waals surface area contributed by atoms with Crippen molar-refractivity contribution >= 4 is 5.91 Å². The molecule has 0 saturated carbocycles. The molecule has 0 radical (unpaired) electrons. The Morgan fingerprint density at radius 3 is 2.90 bits per heavy atom. The lowest BCUT2D eigenvalue weighted by Gasteiger charge is -2.16. The van der Waals surface area contributed by atoms with Gasteiger partial charge >= 0.3 is 0 Å². The van der Waals surface area contributed by atoms with Crippen LogP contribution in [0.1, 0.15) is 18.0 Å². The van der Waals surface area contributed by atoms with E-state index in [2.05, 4.69) is 10.3 Å². The van der Waals surface area contributed by atoms with Gasteiger partial charge in [-0.2, -0.15) is 0 Å². The number of aromatic nitrogens is 3. The molecular formula is C15H18N4O2. The molecule has 1 aliphatic rings. The fraction of sp³-hybridized carbons (Fsp3) is 0.400. The maximum atomic E-state index is 12.2. The van der Waals surface area contributed by atoms with Crippen molar-refractivity contribution in [3.05, 3.63) is 42.2 Å². The number of rotatable bonds is 4. The van der Waals surface area contributed by atoms with Crippen LogP contribution in [0.25, 0.3) is 0 Å². The summed E-state index contributed by atoms with van der Waals surface area (Å²) in [7, 11) is 0. The van der Waals surface area contributed by atoms with Gasteiger partial charge in [0, 0.05) is 19.3 Å². The van der Waals surface area contributed by atoms with E-state index in [1.54, 1.807) is 6.20 Å². The quantitative estimate of drug-likeness (QED) is 0.853. The summed E-state index contributed by atoms with van der Waals surface area (Å²) in [5, 5.41) is 7.80. The van der Waals surface area contributed by atoms with Crippen LogP contribution < -0.4 is 4.74 Å². The highest BCUT2D eigenvalue weighted by Crippen LogP contribution is 2.20. The molecule has 0 N–H and O–H groups in total. The summed E-state index contributed by atoms with van der Waals surface area (Å²) >= 11 is 0. The Morgan fingerprint density at radius 2 is 2.19 bits per heavy atom. The number of aryl methyl sites for hydroxylation is 1. The van der Waals surface area contributed by atoms with Crippen LogP contribution >= 0.6 is 0 Å². The Hall–Kier alpha value is -2.37. The highest BCUT2D eigenvalue weighted by Gasteiger charge is 2.27. The van der Waals surface area contributed by atoms with Crippen LogP contribution in [0.15, 0.2) is 36.7 Å². The normalized spacial score (nSPS) is 18.0. The van der Waals surface area contributed by atoms with Gasteiger partial charge in [-0.1, -0.05) is 22.9 Å².